The van der Waals surface area contributed by atoms with Gasteiger partial charge < -0.3 is 4.74 Å². The molecule has 6 nitrogen and oxygen atoms in total. The third-order valence-electron chi connectivity index (χ3n) is 4.99. The van der Waals surface area contributed by atoms with E-state index in [1.165, 1.54) is 32.1 Å². The molecule has 32 heavy (non-hydrogen) atoms. The molecule has 0 spiro atoms. The van der Waals surface area contributed by atoms with Crippen LogP contribution in [-0.4, -0.2) is 28.9 Å². The van der Waals surface area contributed by atoms with Gasteiger partial charge in [-0.3, -0.25) is 9.89 Å². The predicted molar refractivity (Wildman–Crippen MR) is 129 cm³/mol. The van der Waals surface area contributed by atoms with Crippen LogP contribution in [0.4, 0.5) is 0 Å². The van der Waals surface area contributed by atoms with Gasteiger partial charge in [-0.2, -0.15) is 10.2 Å². The molecule has 0 fully saturated rings. The molecule has 1 aromatic heterocycles. The molecular formula is C25H29ClN4O2. The van der Waals surface area contributed by atoms with E-state index in [0.717, 1.165) is 29.9 Å². The van der Waals surface area contributed by atoms with Gasteiger partial charge in [0.2, 0.25) is 0 Å². The molecule has 2 N–H and O–H groups in total. The Morgan fingerprint density at radius 2 is 1.78 bits per heavy atom. The maximum absolute atomic E-state index is 12.3. The summed E-state index contributed by atoms with van der Waals surface area (Å²) < 4.78 is 5.82. The minimum Gasteiger partial charge on any atom is -0.494 e. The maximum atomic E-state index is 12.3. The lowest BCUT2D eigenvalue weighted by molar-refractivity contribution is 0.0950. The first kappa shape index (κ1) is 23.5. The van der Waals surface area contributed by atoms with Crippen LogP contribution in [-0.2, 0) is 0 Å². The van der Waals surface area contributed by atoms with Crippen LogP contribution in [0, 0.1) is 0 Å². The lowest BCUT2D eigenvalue weighted by atomic mass is 10.1. The molecule has 0 saturated carbocycles. The lowest BCUT2D eigenvalue weighted by Crippen LogP contribution is -2.17. The van der Waals surface area contributed by atoms with E-state index >= 15 is 0 Å². The Morgan fingerprint density at radius 3 is 2.53 bits per heavy atom. The van der Waals surface area contributed by atoms with E-state index in [2.05, 4.69) is 27.6 Å². The molecule has 168 valence electrons. The topological polar surface area (TPSA) is 79.4 Å². The summed E-state index contributed by atoms with van der Waals surface area (Å²) in [7, 11) is 0. The van der Waals surface area contributed by atoms with Crippen molar-refractivity contribution in [2.75, 3.05) is 6.61 Å². The zero-order valence-corrected chi connectivity index (χ0v) is 19.1. The van der Waals surface area contributed by atoms with Crippen LogP contribution in [0.1, 0.15) is 61.5 Å². The van der Waals surface area contributed by atoms with Gasteiger partial charge in [0, 0.05) is 10.6 Å². The van der Waals surface area contributed by atoms with Gasteiger partial charge in [-0.05, 0) is 54.4 Å². The highest BCUT2D eigenvalue weighted by molar-refractivity contribution is 6.30. The van der Waals surface area contributed by atoms with E-state index in [1.807, 2.05) is 36.4 Å². The number of hydrogen-bond donors (Lipinski definition) is 2. The quantitative estimate of drug-likeness (QED) is 0.194. The SMILES string of the molecule is CCCCCCCCOc1ccc(-c2cc(C(=O)N/N=C\c3ccc(Cl)cc3)[nH]n2)cc1. The monoisotopic (exact) mass is 452 g/mol. The summed E-state index contributed by atoms with van der Waals surface area (Å²) in [5.74, 6) is 0.472. The number of ether oxygens (including phenoxy) is 1. The van der Waals surface area contributed by atoms with Crippen molar-refractivity contribution in [3.8, 4) is 17.0 Å². The summed E-state index contributed by atoms with van der Waals surface area (Å²) in [6.07, 6.45) is 9.00. The minimum absolute atomic E-state index is 0.330. The van der Waals surface area contributed by atoms with Gasteiger partial charge >= 0.3 is 0 Å². The van der Waals surface area contributed by atoms with Crippen molar-refractivity contribution in [3.63, 3.8) is 0 Å². The number of carbonyl (C=O) groups is 1. The van der Waals surface area contributed by atoms with Crippen LogP contribution >= 0.6 is 11.6 Å². The van der Waals surface area contributed by atoms with Gasteiger partial charge in [-0.15, -0.1) is 0 Å². The number of amides is 1. The molecule has 0 aliphatic carbocycles. The van der Waals surface area contributed by atoms with E-state index < -0.39 is 0 Å². The maximum Gasteiger partial charge on any atom is 0.289 e. The van der Waals surface area contributed by atoms with Crippen LogP contribution in [0.3, 0.4) is 0 Å². The van der Waals surface area contributed by atoms with Crippen molar-refractivity contribution in [2.24, 2.45) is 5.10 Å². The fraction of sp³-hybridized carbons (Fsp3) is 0.320. The number of nitrogens with one attached hydrogen (secondary N) is 2. The summed E-state index contributed by atoms with van der Waals surface area (Å²) in [4.78, 5) is 12.3. The Bertz CT molecular complexity index is 998. The normalized spacial score (nSPS) is 11.1. The second kappa shape index (κ2) is 12.7. The van der Waals surface area contributed by atoms with E-state index in [-0.39, 0.29) is 5.91 Å². The number of hydrogen-bond acceptors (Lipinski definition) is 4. The van der Waals surface area contributed by atoms with E-state index in [1.54, 1.807) is 24.4 Å². The zero-order valence-electron chi connectivity index (χ0n) is 18.3. The van der Waals surface area contributed by atoms with Crippen molar-refractivity contribution in [3.05, 3.63) is 70.9 Å². The van der Waals surface area contributed by atoms with Gasteiger partial charge in [-0.1, -0.05) is 62.8 Å². The van der Waals surface area contributed by atoms with Crippen molar-refractivity contribution in [1.82, 2.24) is 15.6 Å². The number of aromatic amines is 1. The number of hydrazone groups is 1. The number of aromatic nitrogens is 2. The molecule has 0 saturated heterocycles. The average molecular weight is 453 g/mol. The number of nitrogens with zero attached hydrogens (tertiary/aromatic N) is 2. The number of unbranched alkanes of at least 4 members (excludes halogenated alkanes) is 5. The second-order valence-electron chi connectivity index (χ2n) is 7.56. The number of H-pyrrole nitrogens is 1. The Morgan fingerprint density at radius 1 is 1.06 bits per heavy atom. The first-order chi connectivity index (χ1) is 15.7. The molecule has 1 heterocycles. The Balaban J connectivity index is 1.46. The molecule has 0 bridgehead atoms. The summed E-state index contributed by atoms with van der Waals surface area (Å²) in [5.41, 5.74) is 5.23. The van der Waals surface area contributed by atoms with Crippen molar-refractivity contribution in [2.45, 2.75) is 45.4 Å². The van der Waals surface area contributed by atoms with Gasteiger partial charge in [0.05, 0.1) is 18.5 Å². The first-order valence-corrected chi connectivity index (χ1v) is 11.4. The average Bonchev–Trinajstić information content (AvgIpc) is 3.31. The lowest BCUT2D eigenvalue weighted by Gasteiger charge is -2.06. The molecule has 3 aromatic rings. The van der Waals surface area contributed by atoms with Crippen LogP contribution < -0.4 is 10.2 Å². The molecule has 0 aliphatic rings. The minimum atomic E-state index is -0.368. The van der Waals surface area contributed by atoms with E-state index in [0.29, 0.717) is 16.4 Å². The van der Waals surface area contributed by atoms with Gasteiger partial charge in [0.1, 0.15) is 11.4 Å². The second-order valence-corrected chi connectivity index (χ2v) is 7.99. The fourth-order valence-corrected chi connectivity index (χ4v) is 3.28. The van der Waals surface area contributed by atoms with Crippen molar-refractivity contribution < 1.29 is 9.53 Å². The fourth-order valence-electron chi connectivity index (χ4n) is 3.15. The van der Waals surface area contributed by atoms with Crippen LogP contribution in [0.15, 0.2) is 59.7 Å². The molecule has 7 heteroatoms. The molecule has 0 unspecified atom stereocenters. The van der Waals surface area contributed by atoms with Crippen molar-refractivity contribution in [1.29, 1.82) is 0 Å². The molecule has 1 amide bonds. The number of benzene rings is 2. The first-order valence-electron chi connectivity index (χ1n) is 11.0. The largest absolute Gasteiger partial charge is 0.494 e. The zero-order chi connectivity index (χ0) is 22.6. The summed E-state index contributed by atoms with van der Waals surface area (Å²) in [6, 6.07) is 16.6. The number of carbonyl (C=O) groups excluding carboxylic acids is 1. The highest BCUT2D eigenvalue weighted by Gasteiger charge is 2.10. The van der Waals surface area contributed by atoms with Crippen molar-refractivity contribution >= 4 is 23.7 Å². The smallest absolute Gasteiger partial charge is 0.289 e. The number of rotatable bonds is 12. The molecule has 3 rings (SSSR count). The molecule has 0 atom stereocenters. The van der Waals surface area contributed by atoms with Crippen LogP contribution in [0.5, 0.6) is 5.75 Å². The van der Waals surface area contributed by atoms with E-state index in [9.17, 15) is 4.79 Å². The summed E-state index contributed by atoms with van der Waals surface area (Å²) in [6.45, 7) is 2.96. The third-order valence-corrected chi connectivity index (χ3v) is 5.24. The standard InChI is InChI=1S/C25H29ClN4O2/c1-2-3-4-5-6-7-16-32-22-14-10-20(11-15-22)23-17-24(29-28-23)25(31)30-27-18-19-8-12-21(26)13-9-19/h8-15,17-18H,2-7,16H2,1H3,(H,28,29)(H,30,31)/b27-18-. The Hall–Kier alpha value is -3.12. The summed E-state index contributed by atoms with van der Waals surface area (Å²) >= 11 is 5.85. The third kappa shape index (κ3) is 7.54. The molecule has 2 aromatic carbocycles. The highest BCUT2D eigenvalue weighted by Crippen LogP contribution is 2.21. The van der Waals surface area contributed by atoms with Crippen LogP contribution in [0.2, 0.25) is 5.02 Å². The van der Waals surface area contributed by atoms with E-state index in [4.69, 9.17) is 16.3 Å². The Labute approximate surface area is 194 Å². The summed E-state index contributed by atoms with van der Waals surface area (Å²) in [5, 5.41) is 11.6. The number of halogens is 1. The van der Waals surface area contributed by atoms with Gasteiger partial charge in [0.25, 0.3) is 5.91 Å². The molecule has 0 aliphatic heterocycles. The predicted octanol–water partition coefficient (Wildman–Crippen LogP) is 6.23. The highest BCUT2D eigenvalue weighted by atomic mass is 35.5. The Kier molecular flexibility index (Phi) is 9.32. The van der Waals surface area contributed by atoms with Gasteiger partial charge in [0.15, 0.2) is 0 Å². The molecule has 0 radical (unpaired) electrons. The van der Waals surface area contributed by atoms with Crippen LogP contribution in [0.25, 0.3) is 11.3 Å². The van der Waals surface area contributed by atoms with Gasteiger partial charge in [-0.25, -0.2) is 5.43 Å². The molecular weight excluding hydrogens is 424 g/mol.